The number of carbonyl (C=O) groups is 1. The third-order valence-electron chi connectivity index (χ3n) is 7.15. The number of hydrogen-bond donors (Lipinski definition) is 2. The normalized spacial score (nSPS) is 19.1. The molecule has 1 aliphatic heterocycles. The Labute approximate surface area is 222 Å². The van der Waals surface area contributed by atoms with E-state index in [9.17, 15) is 9.90 Å². The molecule has 1 aliphatic rings. The van der Waals surface area contributed by atoms with Gasteiger partial charge in [-0.2, -0.15) is 5.48 Å². The first kappa shape index (κ1) is 27.3. The van der Waals surface area contributed by atoms with Crippen LogP contribution >= 0.6 is 11.8 Å². The van der Waals surface area contributed by atoms with Crippen LogP contribution in [0.2, 0.25) is 0 Å². The Bertz CT molecular complexity index is 1150. The average Bonchev–Trinajstić information content (AvgIpc) is 2.91. The summed E-state index contributed by atoms with van der Waals surface area (Å²) in [5.41, 5.74) is 5.18. The Morgan fingerprint density at radius 1 is 1.19 bits per heavy atom. The van der Waals surface area contributed by atoms with Gasteiger partial charge >= 0.3 is 5.97 Å². The van der Waals surface area contributed by atoms with Crippen molar-refractivity contribution in [3.8, 4) is 5.75 Å². The number of carboxylic acid groups (broad SMARTS) is 1. The van der Waals surface area contributed by atoms with Gasteiger partial charge in [-0.05, 0) is 79.6 Å². The molecule has 4 rings (SSSR count). The maximum absolute atomic E-state index is 11.7. The number of likely N-dealkylation sites (tertiary alicyclic amines) is 1. The van der Waals surface area contributed by atoms with E-state index in [0.717, 1.165) is 71.9 Å². The number of hydrogen-bond acceptors (Lipinski definition) is 8. The molecule has 1 fully saturated rings. The van der Waals surface area contributed by atoms with Crippen LogP contribution in [-0.2, 0) is 9.63 Å². The molecule has 0 aliphatic carbocycles. The molecule has 3 heterocycles. The predicted octanol–water partition coefficient (Wildman–Crippen LogP) is 4.82. The Balaban J connectivity index is 1.40. The number of nitrogens with zero attached hydrogens (tertiary/aromatic N) is 3. The molecule has 3 atom stereocenters. The number of nitrogens with one attached hydrogen (secondary N) is 1. The number of pyridine rings is 2. The molecule has 2 N–H and O–H groups in total. The van der Waals surface area contributed by atoms with Gasteiger partial charge in [0.05, 0.1) is 30.8 Å². The third kappa shape index (κ3) is 7.64. The van der Waals surface area contributed by atoms with E-state index in [2.05, 4.69) is 20.3 Å². The number of fused-ring (bicyclic) bond motifs is 1. The first-order valence-electron chi connectivity index (χ1n) is 12.8. The minimum atomic E-state index is -0.724. The van der Waals surface area contributed by atoms with Gasteiger partial charge in [0.15, 0.2) is 0 Å². The molecule has 37 heavy (non-hydrogen) atoms. The number of rotatable bonds is 13. The van der Waals surface area contributed by atoms with Crippen molar-refractivity contribution in [2.24, 2.45) is 11.8 Å². The van der Waals surface area contributed by atoms with E-state index in [4.69, 9.17) is 9.57 Å². The van der Waals surface area contributed by atoms with Crippen molar-refractivity contribution in [1.82, 2.24) is 20.3 Å². The monoisotopic (exact) mass is 524 g/mol. The number of methoxy groups -OCH3 is 1. The highest BCUT2D eigenvalue weighted by molar-refractivity contribution is 7.99. The molecule has 9 heteroatoms. The number of aliphatic carboxylic acids is 1. The van der Waals surface area contributed by atoms with Crippen LogP contribution in [-0.4, -0.2) is 65.6 Å². The minimum absolute atomic E-state index is 0.0408. The lowest BCUT2D eigenvalue weighted by Gasteiger charge is -2.38. The van der Waals surface area contributed by atoms with Crippen LogP contribution in [0.5, 0.6) is 5.75 Å². The molecule has 0 radical (unpaired) electrons. The Morgan fingerprint density at radius 3 is 2.84 bits per heavy atom. The Hall–Kier alpha value is -2.72. The number of ether oxygens (including phenoxy) is 1. The summed E-state index contributed by atoms with van der Waals surface area (Å²) >= 11 is 1.75. The Kier molecular flexibility index (Phi) is 10.1. The van der Waals surface area contributed by atoms with Crippen LogP contribution < -0.4 is 10.2 Å². The van der Waals surface area contributed by atoms with Gasteiger partial charge in [-0.3, -0.25) is 9.78 Å². The number of aromatic nitrogens is 2. The lowest BCUT2D eigenvalue weighted by Crippen LogP contribution is -2.42. The van der Waals surface area contributed by atoms with Crippen LogP contribution in [0.25, 0.3) is 10.9 Å². The van der Waals surface area contributed by atoms with Crippen LogP contribution in [0, 0.1) is 11.8 Å². The number of thioether (sulfide) groups is 1. The molecular formula is C28H36N4O4S. The summed E-state index contributed by atoms with van der Waals surface area (Å²) in [7, 11) is 3.29. The molecule has 0 unspecified atom stereocenters. The lowest BCUT2D eigenvalue weighted by molar-refractivity contribution is -0.139. The molecule has 2 aromatic heterocycles. The smallest absolute Gasteiger partial charge is 0.303 e. The SMILES string of the molecule is CON[C@H](CC[C@@H]1CCN(CCSc2ccccn2)C[C@@H]1CC(=O)O)c1ccnc2ccc(OC)cc12. The van der Waals surface area contributed by atoms with Gasteiger partial charge in [0.2, 0.25) is 0 Å². The van der Waals surface area contributed by atoms with E-state index < -0.39 is 5.97 Å². The van der Waals surface area contributed by atoms with E-state index in [1.165, 1.54) is 0 Å². The zero-order valence-corrected chi connectivity index (χ0v) is 22.3. The second-order valence-corrected chi connectivity index (χ2v) is 10.6. The zero-order valence-electron chi connectivity index (χ0n) is 21.5. The fraction of sp³-hybridized carbons (Fsp3) is 0.464. The summed E-state index contributed by atoms with van der Waals surface area (Å²) in [4.78, 5) is 28.4. The minimum Gasteiger partial charge on any atom is -0.497 e. The molecule has 0 bridgehead atoms. The summed E-state index contributed by atoms with van der Waals surface area (Å²) in [6, 6.07) is 13.8. The second kappa shape index (κ2) is 13.7. The second-order valence-electron chi connectivity index (χ2n) is 9.46. The maximum atomic E-state index is 11.7. The lowest BCUT2D eigenvalue weighted by atomic mass is 9.79. The molecule has 8 nitrogen and oxygen atoms in total. The number of benzene rings is 1. The van der Waals surface area contributed by atoms with Crippen molar-refractivity contribution in [3.63, 3.8) is 0 Å². The maximum Gasteiger partial charge on any atom is 0.303 e. The highest BCUT2D eigenvalue weighted by atomic mass is 32.2. The van der Waals surface area contributed by atoms with Crippen molar-refractivity contribution < 1.29 is 19.5 Å². The van der Waals surface area contributed by atoms with Crippen molar-refractivity contribution in [2.45, 2.75) is 36.8 Å². The summed E-state index contributed by atoms with van der Waals surface area (Å²) < 4.78 is 5.44. The molecule has 1 saturated heterocycles. The van der Waals surface area contributed by atoms with Crippen molar-refractivity contribution in [3.05, 3.63) is 60.4 Å². The largest absolute Gasteiger partial charge is 0.497 e. The highest BCUT2D eigenvalue weighted by Crippen LogP contribution is 2.35. The Morgan fingerprint density at radius 2 is 2.08 bits per heavy atom. The van der Waals surface area contributed by atoms with Gasteiger partial charge in [-0.1, -0.05) is 6.07 Å². The van der Waals surface area contributed by atoms with Crippen LogP contribution in [0.15, 0.2) is 59.9 Å². The fourth-order valence-electron chi connectivity index (χ4n) is 5.28. The highest BCUT2D eigenvalue weighted by Gasteiger charge is 2.31. The van der Waals surface area contributed by atoms with Gasteiger partial charge in [-0.15, -0.1) is 11.8 Å². The van der Waals surface area contributed by atoms with Gasteiger partial charge in [0, 0.05) is 43.0 Å². The number of piperidine rings is 1. The summed E-state index contributed by atoms with van der Waals surface area (Å²) in [6.07, 6.45) is 6.59. The first-order valence-corrected chi connectivity index (χ1v) is 13.7. The molecule has 1 aromatic carbocycles. The predicted molar refractivity (Wildman–Crippen MR) is 146 cm³/mol. The molecule has 3 aromatic rings. The van der Waals surface area contributed by atoms with Crippen molar-refractivity contribution >= 4 is 28.6 Å². The number of carboxylic acids is 1. The van der Waals surface area contributed by atoms with E-state index in [1.807, 2.05) is 54.9 Å². The first-order chi connectivity index (χ1) is 18.1. The van der Waals surface area contributed by atoms with Crippen molar-refractivity contribution in [2.75, 3.05) is 39.6 Å². The van der Waals surface area contributed by atoms with E-state index >= 15 is 0 Å². The van der Waals surface area contributed by atoms with Gasteiger partial charge in [0.25, 0.3) is 0 Å². The van der Waals surface area contributed by atoms with Crippen LogP contribution in [0.4, 0.5) is 0 Å². The average molecular weight is 525 g/mol. The van der Waals surface area contributed by atoms with Gasteiger partial charge in [0.1, 0.15) is 5.75 Å². The molecule has 198 valence electrons. The molecule has 0 amide bonds. The standard InChI is InChI=1S/C28H36N4O4S/c1-35-22-7-9-25-24(18-22)23(10-13-29-25)26(31-36-2)8-6-20-11-14-32(19-21(20)17-28(33)34)15-16-37-27-5-3-4-12-30-27/h3-5,7,9-10,12-13,18,20-21,26,31H,6,8,11,14-17,19H2,1-2H3,(H,33,34)/t20-,21+,26-/m1/s1. The van der Waals surface area contributed by atoms with Crippen molar-refractivity contribution in [1.29, 1.82) is 0 Å². The van der Waals surface area contributed by atoms with Gasteiger partial charge < -0.3 is 19.6 Å². The zero-order chi connectivity index (χ0) is 26.0. The topological polar surface area (TPSA) is 96.8 Å². The van der Waals surface area contributed by atoms with E-state index in [0.29, 0.717) is 5.92 Å². The molecule has 0 saturated carbocycles. The summed E-state index contributed by atoms with van der Waals surface area (Å²) in [6.45, 7) is 2.74. The molecular weight excluding hydrogens is 488 g/mol. The van der Waals surface area contributed by atoms with E-state index in [-0.39, 0.29) is 18.4 Å². The number of hydroxylamine groups is 1. The third-order valence-corrected chi connectivity index (χ3v) is 8.08. The van der Waals surface area contributed by atoms with E-state index in [1.54, 1.807) is 26.0 Å². The van der Waals surface area contributed by atoms with Gasteiger partial charge in [-0.25, -0.2) is 4.98 Å². The van der Waals surface area contributed by atoms with Crippen LogP contribution in [0.3, 0.4) is 0 Å². The summed E-state index contributed by atoms with van der Waals surface area (Å²) in [5, 5.41) is 11.7. The summed E-state index contributed by atoms with van der Waals surface area (Å²) in [5.74, 6) is 1.48. The quantitative estimate of drug-likeness (QED) is 0.241. The van der Waals surface area contributed by atoms with Crippen LogP contribution in [0.1, 0.15) is 37.3 Å². The molecule has 0 spiro atoms. The fourth-order valence-corrected chi connectivity index (χ4v) is 6.15.